The van der Waals surface area contributed by atoms with Gasteiger partial charge in [-0.15, -0.1) is 0 Å². The number of fused-ring (bicyclic) bond motifs is 1. The molecule has 6 heteroatoms. The lowest BCUT2D eigenvalue weighted by molar-refractivity contribution is 0.0699. The summed E-state index contributed by atoms with van der Waals surface area (Å²) < 4.78 is 6.76. The molecule has 1 aromatic carbocycles. The Labute approximate surface area is 116 Å². The number of carboxylic acid groups (broad SMARTS) is 1. The second-order valence-corrected chi connectivity index (χ2v) is 4.70. The summed E-state index contributed by atoms with van der Waals surface area (Å²) >= 11 is 0. The zero-order chi connectivity index (χ0) is 14.7. The summed E-state index contributed by atoms with van der Waals surface area (Å²) in [5, 5.41) is 9.17. The van der Waals surface area contributed by atoms with Gasteiger partial charge in [0.15, 0.2) is 0 Å². The molecule has 1 aromatic heterocycles. The van der Waals surface area contributed by atoms with E-state index in [0.717, 1.165) is 12.8 Å². The molecule has 0 amide bonds. The standard InChI is InChI=1S/C14H18N2O4/c1-3-5-9(8-20-2)16-11-7-4-6-10(13(17)18)12(11)15-14(16)19/h4,6-7,9H,3,5,8H2,1-2H3,(H,15,19)(H,17,18). The minimum Gasteiger partial charge on any atom is -0.478 e. The van der Waals surface area contributed by atoms with E-state index in [1.807, 2.05) is 6.92 Å². The van der Waals surface area contributed by atoms with Crippen molar-refractivity contribution in [3.05, 3.63) is 34.2 Å². The Morgan fingerprint density at radius 1 is 1.50 bits per heavy atom. The third kappa shape index (κ3) is 2.46. The van der Waals surface area contributed by atoms with Gasteiger partial charge in [-0.2, -0.15) is 0 Å². The van der Waals surface area contributed by atoms with Gasteiger partial charge in [-0.1, -0.05) is 19.4 Å². The van der Waals surface area contributed by atoms with Crippen LogP contribution in [0.1, 0.15) is 36.2 Å². The van der Waals surface area contributed by atoms with Gasteiger partial charge in [0.05, 0.1) is 29.2 Å². The predicted molar refractivity (Wildman–Crippen MR) is 75.3 cm³/mol. The van der Waals surface area contributed by atoms with Crippen molar-refractivity contribution in [2.75, 3.05) is 13.7 Å². The summed E-state index contributed by atoms with van der Waals surface area (Å²) in [4.78, 5) is 26.0. The van der Waals surface area contributed by atoms with E-state index in [2.05, 4.69) is 4.98 Å². The number of aromatic nitrogens is 2. The average Bonchev–Trinajstić information content (AvgIpc) is 2.73. The predicted octanol–water partition coefficient (Wildman–Crippen LogP) is 2.02. The molecule has 0 radical (unpaired) electrons. The van der Waals surface area contributed by atoms with E-state index in [-0.39, 0.29) is 17.3 Å². The molecule has 0 aliphatic heterocycles. The number of imidazole rings is 1. The zero-order valence-corrected chi connectivity index (χ0v) is 11.5. The van der Waals surface area contributed by atoms with Crippen molar-refractivity contribution in [1.82, 2.24) is 9.55 Å². The fourth-order valence-electron chi connectivity index (χ4n) is 2.50. The molecule has 2 N–H and O–H groups in total. The van der Waals surface area contributed by atoms with Gasteiger partial charge in [0, 0.05) is 7.11 Å². The van der Waals surface area contributed by atoms with E-state index < -0.39 is 5.97 Å². The topological polar surface area (TPSA) is 84.3 Å². The molecule has 0 saturated heterocycles. The van der Waals surface area contributed by atoms with Crippen LogP contribution < -0.4 is 5.69 Å². The molecule has 1 heterocycles. The number of hydrogen-bond donors (Lipinski definition) is 2. The Morgan fingerprint density at radius 3 is 2.85 bits per heavy atom. The first-order chi connectivity index (χ1) is 9.60. The third-order valence-electron chi connectivity index (χ3n) is 3.33. The molecule has 1 unspecified atom stereocenters. The first kappa shape index (κ1) is 14.3. The number of aromatic amines is 1. The molecule has 0 fully saturated rings. The van der Waals surface area contributed by atoms with Crippen LogP contribution in [-0.2, 0) is 4.74 Å². The summed E-state index contributed by atoms with van der Waals surface area (Å²) in [5.74, 6) is -1.05. The SMILES string of the molecule is CCCC(COC)n1c(=O)[nH]c2c(C(=O)O)cccc21. The van der Waals surface area contributed by atoms with Crippen LogP contribution in [0.15, 0.2) is 23.0 Å². The minimum absolute atomic E-state index is 0.102. The average molecular weight is 278 g/mol. The van der Waals surface area contributed by atoms with Gasteiger partial charge in [0.2, 0.25) is 0 Å². The van der Waals surface area contributed by atoms with Crippen molar-refractivity contribution < 1.29 is 14.6 Å². The summed E-state index contributed by atoms with van der Waals surface area (Å²) in [6.07, 6.45) is 1.70. The van der Waals surface area contributed by atoms with Gasteiger partial charge < -0.3 is 14.8 Å². The fraction of sp³-hybridized carbons (Fsp3) is 0.429. The Bertz CT molecular complexity index is 665. The van der Waals surface area contributed by atoms with Crippen molar-refractivity contribution in [2.45, 2.75) is 25.8 Å². The van der Waals surface area contributed by atoms with Crippen LogP contribution in [-0.4, -0.2) is 34.3 Å². The first-order valence-electron chi connectivity index (χ1n) is 6.55. The van der Waals surface area contributed by atoms with E-state index in [0.29, 0.717) is 17.6 Å². The summed E-state index contributed by atoms with van der Waals surface area (Å²) in [6, 6.07) is 4.77. The lowest BCUT2D eigenvalue weighted by Gasteiger charge is -2.17. The van der Waals surface area contributed by atoms with Crippen molar-refractivity contribution >= 4 is 17.0 Å². The van der Waals surface area contributed by atoms with Crippen LogP contribution in [0.3, 0.4) is 0 Å². The van der Waals surface area contributed by atoms with E-state index >= 15 is 0 Å². The van der Waals surface area contributed by atoms with Crippen LogP contribution >= 0.6 is 0 Å². The maximum atomic E-state index is 12.2. The molecule has 2 rings (SSSR count). The number of nitrogens with one attached hydrogen (secondary N) is 1. The van der Waals surface area contributed by atoms with Crippen molar-refractivity contribution in [3.63, 3.8) is 0 Å². The van der Waals surface area contributed by atoms with Gasteiger partial charge in [0.25, 0.3) is 0 Å². The van der Waals surface area contributed by atoms with Crippen LogP contribution in [0.4, 0.5) is 0 Å². The van der Waals surface area contributed by atoms with Crippen LogP contribution in [0, 0.1) is 0 Å². The Kier molecular flexibility index (Phi) is 4.24. The molecule has 108 valence electrons. The number of H-pyrrole nitrogens is 1. The van der Waals surface area contributed by atoms with Crippen molar-refractivity contribution in [2.24, 2.45) is 0 Å². The van der Waals surface area contributed by atoms with Crippen molar-refractivity contribution in [1.29, 1.82) is 0 Å². The second kappa shape index (κ2) is 5.92. The molecule has 0 aliphatic rings. The van der Waals surface area contributed by atoms with E-state index in [4.69, 9.17) is 4.74 Å². The molecule has 6 nitrogen and oxygen atoms in total. The highest BCUT2D eigenvalue weighted by atomic mass is 16.5. The van der Waals surface area contributed by atoms with E-state index in [1.54, 1.807) is 23.8 Å². The number of carbonyl (C=O) groups is 1. The molecular formula is C14H18N2O4. The minimum atomic E-state index is -1.05. The second-order valence-electron chi connectivity index (χ2n) is 4.70. The molecule has 20 heavy (non-hydrogen) atoms. The maximum Gasteiger partial charge on any atom is 0.337 e. The van der Waals surface area contributed by atoms with Crippen LogP contribution in [0.25, 0.3) is 11.0 Å². The lowest BCUT2D eigenvalue weighted by atomic mass is 10.1. The van der Waals surface area contributed by atoms with Crippen LogP contribution in [0.2, 0.25) is 0 Å². The van der Waals surface area contributed by atoms with Gasteiger partial charge in [-0.25, -0.2) is 9.59 Å². The Hall–Kier alpha value is -2.08. The molecule has 0 aliphatic carbocycles. The summed E-state index contributed by atoms with van der Waals surface area (Å²) in [6.45, 7) is 2.45. The summed E-state index contributed by atoms with van der Waals surface area (Å²) in [5.41, 5.74) is 0.767. The number of para-hydroxylation sites is 1. The number of aromatic carboxylic acids is 1. The molecule has 2 aromatic rings. The van der Waals surface area contributed by atoms with Gasteiger partial charge in [0.1, 0.15) is 0 Å². The van der Waals surface area contributed by atoms with Gasteiger partial charge in [-0.3, -0.25) is 4.57 Å². The number of benzene rings is 1. The molecule has 0 saturated carbocycles. The smallest absolute Gasteiger partial charge is 0.337 e. The van der Waals surface area contributed by atoms with Crippen LogP contribution in [0.5, 0.6) is 0 Å². The highest BCUT2D eigenvalue weighted by molar-refractivity contribution is 6.00. The van der Waals surface area contributed by atoms with Gasteiger partial charge >= 0.3 is 11.7 Å². The maximum absolute atomic E-state index is 12.2. The number of nitrogens with zero attached hydrogens (tertiary/aromatic N) is 1. The normalized spacial score (nSPS) is 12.7. The molecule has 0 spiro atoms. The fourth-order valence-corrected chi connectivity index (χ4v) is 2.50. The largest absolute Gasteiger partial charge is 0.478 e. The highest BCUT2D eigenvalue weighted by Crippen LogP contribution is 2.21. The summed E-state index contributed by atoms with van der Waals surface area (Å²) in [7, 11) is 1.59. The first-order valence-corrected chi connectivity index (χ1v) is 6.55. The number of carboxylic acids is 1. The van der Waals surface area contributed by atoms with Crippen molar-refractivity contribution in [3.8, 4) is 0 Å². The van der Waals surface area contributed by atoms with E-state index in [1.165, 1.54) is 6.07 Å². The van der Waals surface area contributed by atoms with Gasteiger partial charge in [-0.05, 0) is 18.6 Å². The molecule has 1 atom stereocenters. The Morgan fingerprint density at radius 2 is 2.25 bits per heavy atom. The zero-order valence-electron chi connectivity index (χ0n) is 11.5. The number of hydrogen-bond acceptors (Lipinski definition) is 3. The monoisotopic (exact) mass is 278 g/mol. The number of methoxy groups -OCH3 is 1. The Balaban J connectivity index is 2.64. The molecular weight excluding hydrogens is 260 g/mol. The van der Waals surface area contributed by atoms with E-state index in [9.17, 15) is 14.7 Å². The lowest BCUT2D eigenvalue weighted by Crippen LogP contribution is -2.25. The number of rotatable bonds is 6. The molecule has 0 bridgehead atoms. The third-order valence-corrected chi connectivity index (χ3v) is 3.33. The highest BCUT2D eigenvalue weighted by Gasteiger charge is 2.19. The quantitative estimate of drug-likeness (QED) is 0.846. The number of ether oxygens (including phenoxy) is 1.